The summed E-state index contributed by atoms with van der Waals surface area (Å²) in [5.41, 5.74) is 0. The van der Waals surface area contributed by atoms with Crippen LogP contribution < -0.4 is 0 Å². The second-order valence-corrected chi connectivity index (χ2v) is 1.13. The highest BCUT2D eigenvalue weighted by Crippen LogP contribution is 1.69. The second-order valence-electron chi connectivity index (χ2n) is 0.863. The molecule has 0 aromatic rings. The van der Waals surface area contributed by atoms with Crippen molar-refractivity contribution in [3.63, 3.8) is 0 Å². The van der Waals surface area contributed by atoms with Gasteiger partial charge >= 0.3 is 0 Å². The van der Waals surface area contributed by atoms with E-state index in [4.69, 9.17) is 5.11 Å². The van der Waals surface area contributed by atoms with Crippen molar-refractivity contribution in [2.45, 2.75) is 0 Å². The van der Waals surface area contributed by atoms with E-state index in [9.17, 15) is 0 Å². The van der Waals surface area contributed by atoms with Crippen LogP contribution in [0.1, 0.15) is 0 Å². The maximum Gasteiger partial charge on any atom is 0.0791 e. The van der Waals surface area contributed by atoms with Crippen molar-refractivity contribution in [1.29, 1.82) is 0 Å². The topological polar surface area (TPSA) is 20.2 Å². The molecule has 0 spiro atoms. The molecule has 0 aliphatic rings. The Hall–Kier alpha value is -0.630. The van der Waals surface area contributed by atoms with E-state index in [1.807, 2.05) is 0 Å². The summed E-state index contributed by atoms with van der Waals surface area (Å²) in [7, 11) is 0. The molecule has 0 radical (unpaired) electrons. The number of aliphatic hydroxyl groups is 1. The van der Waals surface area contributed by atoms with Gasteiger partial charge in [0.1, 0.15) is 0 Å². The minimum atomic E-state index is 0.954. The van der Waals surface area contributed by atoms with Gasteiger partial charge in [0, 0.05) is 5.37 Å². The molecule has 0 aliphatic heterocycles. The number of allylic oxidation sites excluding steroid dienone is 3. The molecule has 2 heteroatoms. The monoisotopic (exact) mass is 114 g/mol. The first-order chi connectivity index (χ1) is 3.41. The molecule has 0 amide bonds. The third kappa shape index (κ3) is 5.37. The molecule has 0 bridgehead atoms. The molecule has 0 saturated heterocycles. The Morgan fingerprint density at radius 1 is 1.14 bits per heavy atom. The third-order valence-electron chi connectivity index (χ3n) is 0.387. The lowest BCUT2D eigenvalue weighted by molar-refractivity contribution is 0.474. The SMILES string of the molecule is O/C=C\C=C/C=S. The maximum atomic E-state index is 8.01. The first-order valence-electron chi connectivity index (χ1n) is 1.83. The van der Waals surface area contributed by atoms with Gasteiger partial charge in [0.25, 0.3) is 0 Å². The van der Waals surface area contributed by atoms with E-state index < -0.39 is 0 Å². The average molecular weight is 114 g/mol. The molecule has 0 rings (SSSR count). The molecular formula is C5H6OS. The first kappa shape index (κ1) is 6.37. The zero-order valence-electron chi connectivity index (χ0n) is 3.74. The molecule has 0 aromatic carbocycles. The third-order valence-corrected chi connectivity index (χ3v) is 0.544. The summed E-state index contributed by atoms with van der Waals surface area (Å²) in [5, 5.41) is 9.49. The number of hydrogen-bond acceptors (Lipinski definition) is 2. The number of rotatable bonds is 2. The normalized spacial score (nSPS) is 10.9. The fourth-order valence-electron chi connectivity index (χ4n) is 0.159. The van der Waals surface area contributed by atoms with E-state index in [1.165, 1.54) is 11.4 Å². The zero-order valence-corrected chi connectivity index (χ0v) is 4.56. The summed E-state index contributed by atoms with van der Waals surface area (Å²) in [5.74, 6) is 0. The van der Waals surface area contributed by atoms with Gasteiger partial charge in [0.05, 0.1) is 6.26 Å². The molecule has 0 unspecified atom stereocenters. The van der Waals surface area contributed by atoms with Crippen LogP contribution in [0.15, 0.2) is 24.5 Å². The lowest BCUT2D eigenvalue weighted by Crippen LogP contribution is -1.51. The fraction of sp³-hybridized carbons (Fsp3) is 0. The summed E-state index contributed by atoms with van der Waals surface area (Å²) in [6, 6.07) is 0. The largest absolute Gasteiger partial charge is 0.516 e. The Kier molecular flexibility index (Phi) is 4.89. The molecule has 0 fully saturated rings. The Bertz CT molecular complexity index is 94.3. The number of hydrogen-bond donors (Lipinski definition) is 1. The van der Waals surface area contributed by atoms with Crippen LogP contribution in [0.3, 0.4) is 0 Å². The molecular weight excluding hydrogens is 108 g/mol. The van der Waals surface area contributed by atoms with Crippen LogP contribution in [-0.4, -0.2) is 10.5 Å². The minimum absolute atomic E-state index is 0.954. The van der Waals surface area contributed by atoms with Gasteiger partial charge in [-0.3, -0.25) is 0 Å². The van der Waals surface area contributed by atoms with Crippen LogP contribution in [0.4, 0.5) is 0 Å². The van der Waals surface area contributed by atoms with Gasteiger partial charge in [-0.15, -0.1) is 0 Å². The Morgan fingerprint density at radius 2 is 1.86 bits per heavy atom. The fourth-order valence-corrected chi connectivity index (χ4v) is 0.250. The van der Waals surface area contributed by atoms with Crippen molar-refractivity contribution in [2.24, 2.45) is 0 Å². The zero-order chi connectivity index (χ0) is 5.54. The van der Waals surface area contributed by atoms with E-state index in [-0.39, 0.29) is 0 Å². The molecule has 7 heavy (non-hydrogen) atoms. The van der Waals surface area contributed by atoms with Crippen LogP contribution in [0.5, 0.6) is 0 Å². The van der Waals surface area contributed by atoms with Crippen molar-refractivity contribution in [1.82, 2.24) is 0 Å². The van der Waals surface area contributed by atoms with Gasteiger partial charge < -0.3 is 5.11 Å². The smallest absolute Gasteiger partial charge is 0.0791 e. The Morgan fingerprint density at radius 3 is 2.29 bits per heavy atom. The number of aliphatic hydroxyl groups excluding tert-OH is 1. The summed E-state index contributed by atoms with van der Waals surface area (Å²) < 4.78 is 0. The van der Waals surface area contributed by atoms with Gasteiger partial charge in [-0.25, -0.2) is 0 Å². The van der Waals surface area contributed by atoms with Gasteiger partial charge in [-0.1, -0.05) is 24.4 Å². The quantitative estimate of drug-likeness (QED) is 0.255. The molecule has 0 aromatic heterocycles. The van der Waals surface area contributed by atoms with Crippen molar-refractivity contribution >= 4 is 17.6 Å². The highest BCUT2D eigenvalue weighted by molar-refractivity contribution is 7.79. The molecule has 1 nitrogen and oxygen atoms in total. The second kappa shape index (κ2) is 5.37. The summed E-state index contributed by atoms with van der Waals surface area (Å²) in [6.45, 7) is 0. The highest BCUT2D eigenvalue weighted by Gasteiger charge is 1.54. The molecule has 0 heterocycles. The Labute approximate surface area is 48.0 Å². The van der Waals surface area contributed by atoms with Crippen LogP contribution in [0, 0.1) is 0 Å². The Balaban J connectivity index is 3.27. The molecule has 38 valence electrons. The van der Waals surface area contributed by atoms with Gasteiger partial charge in [-0.05, 0) is 6.08 Å². The molecule has 0 saturated carbocycles. The van der Waals surface area contributed by atoms with Crippen LogP contribution >= 0.6 is 12.2 Å². The first-order valence-corrected chi connectivity index (χ1v) is 2.30. The van der Waals surface area contributed by atoms with E-state index in [2.05, 4.69) is 12.2 Å². The van der Waals surface area contributed by atoms with Crippen molar-refractivity contribution in [3.8, 4) is 0 Å². The summed E-state index contributed by atoms with van der Waals surface area (Å²) >= 11 is 4.44. The van der Waals surface area contributed by atoms with Crippen LogP contribution in [0.25, 0.3) is 0 Å². The van der Waals surface area contributed by atoms with Crippen LogP contribution in [-0.2, 0) is 0 Å². The summed E-state index contributed by atoms with van der Waals surface area (Å²) in [6.07, 6.45) is 5.74. The van der Waals surface area contributed by atoms with Crippen molar-refractivity contribution in [3.05, 3.63) is 24.5 Å². The lowest BCUT2D eigenvalue weighted by Gasteiger charge is -1.64. The standard InChI is InChI=1S/C5H6OS/c6-4-2-1-3-5-7/h1-6H/b3-1-,4-2-. The van der Waals surface area contributed by atoms with E-state index in [0.717, 1.165) is 6.26 Å². The van der Waals surface area contributed by atoms with E-state index >= 15 is 0 Å². The predicted octanol–water partition coefficient (Wildman–Crippen LogP) is 1.61. The van der Waals surface area contributed by atoms with Crippen molar-refractivity contribution in [2.75, 3.05) is 0 Å². The predicted molar refractivity (Wildman–Crippen MR) is 34.6 cm³/mol. The van der Waals surface area contributed by atoms with Crippen molar-refractivity contribution < 1.29 is 5.11 Å². The van der Waals surface area contributed by atoms with Gasteiger partial charge in [0.2, 0.25) is 0 Å². The van der Waals surface area contributed by atoms with Gasteiger partial charge in [-0.2, -0.15) is 0 Å². The van der Waals surface area contributed by atoms with E-state index in [1.54, 1.807) is 12.2 Å². The maximum absolute atomic E-state index is 8.01. The summed E-state index contributed by atoms with van der Waals surface area (Å²) in [4.78, 5) is 0. The molecule has 1 N–H and O–H groups in total. The average Bonchev–Trinajstić information content (AvgIpc) is 1.69. The lowest BCUT2D eigenvalue weighted by atomic mass is 10.5. The van der Waals surface area contributed by atoms with Gasteiger partial charge in [0.15, 0.2) is 0 Å². The minimum Gasteiger partial charge on any atom is -0.516 e. The number of thiocarbonyl (C=S) groups is 1. The van der Waals surface area contributed by atoms with E-state index in [0.29, 0.717) is 0 Å². The molecule has 0 atom stereocenters. The molecule has 0 aliphatic carbocycles. The van der Waals surface area contributed by atoms with Crippen LogP contribution in [0.2, 0.25) is 0 Å². The highest BCUT2D eigenvalue weighted by atomic mass is 32.1.